The fourth-order valence-corrected chi connectivity index (χ4v) is 0. The molecule has 51 valence electrons. The molecule has 0 fully saturated rings. The molecule has 2 N–H and O–H groups in total. The van der Waals surface area contributed by atoms with E-state index in [0.29, 0.717) is 0 Å². The van der Waals surface area contributed by atoms with Crippen LogP contribution < -0.4 is 0 Å². The minimum atomic E-state index is -5.25. The maximum absolute atomic E-state index is 8.82. The van der Waals surface area contributed by atoms with Crippen LogP contribution in [-0.2, 0) is 43.6 Å². The van der Waals surface area contributed by atoms with Crippen LogP contribution >= 0.6 is 0 Å². The Kier molecular flexibility index (Phi) is 13.2. The predicted octanol–water partition coefficient (Wildman–Crippen LogP) is -2.54. The third kappa shape index (κ3) is 88.0. The van der Waals surface area contributed by atoms with Crippen LogP contribution in [0.15, 0.2) is 0 Å². The third-order valence-electron chi connectivity index (χ3n) is 0. The molecule has 0 rings (SSSR count). The Hall–Kier alpha value is 1.68. The van der Waals surface area contributed by atoms with Gasteiger partial charge in [-0.2, -0.15) is 0 Å². The summed E-state index contributed by atoms with van der Waals surface area (Å²) in [6, 6.07) is 0. The summed E-state index contributed by atoms with van der Waals surface area (Å²) in [5.74, 6) is 0. The summed E-state index contributed by atoms with van der Waals surface area (Å²) in [4.78, 5) is 0. The van der Waals surface area contributed by atoms with Crippen molar-refractivity contribution in [2.24, 2.45) is 0 Å². The van der Waals surface area contributed by atoms with Crippen LogP contribution in [0.3, 0.4) is 0 Å². The first-order valence-electron chi connectivity index (χ1n) is 0.698. The van der Waals surface area contributed by atoms with Gasteiger partial charge in [0.15, 0.2) is 0 Å². The van der Waals surface area contributed by atoms with E-state index in [9.17, 15) is 0 Å². The van der Waals surface area contributed by atoms with Crippen LogP contribution in [0.4, 0.5) is 0 Å². The van der Waals surface area contributed by atoms with Crippen LogP contribution in [0.5, 0.6) is 0 Å². The van der Waals surface area contributed by atoms with Gasteiger partial charge in [-0.1, -0.05) is 0 Å². The standard InChI is InChI=1S/Ag.Bi.Cr.2H2O.2O.3H/h;;;2*1H2;;;;;/q;;+2;;;;;;;/p-2. The molecular weight excluding hydrogens is 433 g/mol. The molecule has 0 amide bonds. The van der Waals surface area contributed by atoms with E-state index in [1.807, 2.05) is 0 Å². The Morgan fingerprint density at radius 1 is 1.14 bits per heavy atom. The summed E-state index contributed by atoms with van der Waals surface area (Å²) >= 11 is -5.25. The minimum absolute atomic E-state index is 0. The number of rotatable bonds is 0. The van der Waals surface area contributed by atoms with Crippen molar-refractivity contribution in [1.29, 1.82) is 0 Å². The molecule has 0 spiro atoms. The van der Waals surface area contributed by atoms with Gasteiger partial charge in [-0.25, -0.2) is 0 Å². The van der Waals surface area contributed by atoms with E-state index in [4.69, 9.17) is 15.9 Å². The van der Waals surface area contributed by atoms with Gasteiger partial charge in [-0.3, -0.25) is 0 Å². The van der Waals surface area contributed by atoms with Crippen molar-refractivity contribution in [3.8, 4) is 0 Å². The quantitative estimate of drug-likeness (QED) is 0.410. The van der Waals surface area contributed by atoms with Gasteiger partial charge in [0.25, 0.3) is 0 Å². The fraction of sp³-hybridized carbons (Fsp3) is 0. The van der Waals surface area contributed by atoms with Gasteiger partial charge in [0.2, 0.25) is 0 Å². The van der Waals surface area contributed by atoms with E-state index in [-0.39, 0.29) is 48.6 Å². The van der Waals surface area contributed by atoms with Gasteiger partial charge in [-0.15, -0.1) is 0 Å². The van der Waals surface area contributed by atoms with Crippen LogP contribution in [0, 0.1) is 0 Å². The van der Waals surface area contributed by atoms with Gasteiger partial charge in [0, 0.05) is 22.4 Å². The number of hydrogen-bond acceptors (Lipinski definition) is 2. The molecule has 1 radical (unpaired) electrons. The summed E-state index contributed by atoms with van der Waals surface area (Å²) in [5.41, 5.74) is 0. The molecule has 0 bridgehead atoms. The summed E-state index contributed by atoms with van der Waals surface area (Å²) in [5, 5.41) is 0. The second-order valence-electron chi connectivity index (χ2n) is 0.448. The second-order valence-corrected chi connectivity index (χ2v) is 1.85. The SMILES string of the molecule is [Ag].[BiH3].[O]=[Cr](=[O])([OH])[OH]. The van der Waals surface area contributed by atoms with Crippen molar-refractivity contribution >= 4 is 26.2 Å². The topological polar surface area (TPSA) is 74.6 Å². The molecular formula is H5AgBiCrO4. The van der Waals surface area contributed by atoms with Gasteiger partial charge in [0.1, 0.15) is 0 Å². The maximum atomic E-state index is 8.82. The first kappa shape index (κ1) is 15.9. The van der Waals surface area contributed by atoms with Crippen LogP contribution in [0.25, 0.3) is 0 Å². The van der Waals surface area contributed by atoms with Crippen molar-refractivity contribution in [2.45, 2.75) is 0 Å². The summed E-state index contributed by atoms with van der Waals surface area (Å²) < 4.78 is 31.9. The van der Waals surface area contributed by atoms with E-state index in [2.05, 4.69) is 0 Å². The monoisotopic (exact) mass is 437 g/mol. The van der Waals surface area contributed by atoms with Crippen molar-refractivity contribution < 1.29 is 51.9 Å². The molecule has 7 heteroatoms. The van der Waals surface area contributed by atoms with Gasteiger partial charge < -0.3 is 0 Å². The zero-order chi connectivity index (χ0) is 4.50. The van der Waals surface area contributed by atoms with Gasteiger partial charge >= 0.3 is 55.7 Å². The molecule has 4 nitrogen and oxygen atoms in total. The van der Waals surface area contributed by atoms with Crippen LogP contribution in [0.2, 0.25) is 0 Å². The average molecular weight is 438 g/mol. The Morgan fingerprint density at radius 3 is 1.14 bits per heavy atom. The summed E-state index contributed by atoms with van der Waals surface area (Å²) in [7, 11) is 0. The molecule has 0 aromatic heterocycles. The van der Waals surface area contributed by atoms with E-state index >= 15 is 0 Å². The predicted molar refractivity (Wildman–Crippen MR) is 15.7 cm³/mol. The molecule has 7 heavy (non-hydrogen) atoms. The molecule has 0 atom stereocenters. The average Bonchev–Trinajstić information content (AvgIpc) is 0.722. The normalized spacial score (nSPS) is 8.29. The molecule has 0 aromatic rings. The third-order valence-corrected chi connectivity index (χ3v) is 0. The summed E-state index contributed by atoms with van der Waals surface area (Å²) in [6.07, 6.45) is 0. The number of hydrogen-bond donors (Lipinski definition) is 2. The zero-order valence-electron chi connectivity index (χ0n) is 3.13. The Labute approximate surface area is 77.3 Å². The molecule has 0 aromatic carbocycles. The second kappa shape index (κ2) is 5.81. The molecule has 0 saturated heterocycles. The van der Waals surface area contributed by atoms with Crippen LogP contribution in [-0.4, -0.2) is 34.5 Å². The van der Waals surface area contributed by atoms with Gasteiger partial charge in [0.05, 0.1) is 0 Å². The van der Waals surface area contributed by atoms with Crippen molar-refractivity contribution in [3.63, 3.8) is 0 Å². The fourth-order valence-electron chi connectivity index (χ4n) is 0. The van der Waals surface area contributed by atoms with E-state index < -0.39 is 13.6 Å². The van der Waals surface area contributed by atoms with Gasteiger partial charge in [-0.05, 0) is 0 Å². The van der Waals surface area contributed by atoms with E-state index in [0.717, 1.165) is 0 Å². The Balaban J connectivity index is -0.0000000800. The van der Waals surface area contributed by atoms with E-state index in [1.54, 1.807) is 0 Å². The van der Waals surface area contributed by atoms with Crippen molar-refractivity contribution in [1.82, 2.24) is 0 Å². The summed E-state index contributed by atoms with van der Waals surface area (Å²) in [6.45, 7) is 0. The molecule has 0 saturated carbocycles. The van der Waals surface area contributed by atoms with Crippen molar-refractivity contribution in [2.75, 3.05) is 0 Å². The first-order chi connectivity index (χ1) is 2.00. The Morgan fingerprint density at radius 2 is 1.14 bits per heavy atom. The first-order valence-corrected chi connectivity index (χ1v) is 2.88. The molecule has 0 aliphatic heterocycles. The Bertz CT molecular complexity index is 94.9. The molecule has 0 heterocycles. The molecule has 0 aliphatic carbocycles. The van der Waals surface area contributed by atoms with E-state index in [1.165, 1.54) is 0 Å². The zero-order valence-corrected chi connectivity index (χ0v) is 11.4. The van der Waals surface area contributed by atoms with Crippen LogP contribution in [0.1, 0.15) is 0 Å². The molecule has 0 aliphatic rings. The van der Waals surface area contributed by atoms with Crippen molar-refractivity contribution in [3.05, 3.63) is 0 Å². The molecule has 0 unspecified atom stereocenters.